The molecule has 4 rings (SSSR count). The molecule has 0 spiro atoms. The van der Waals surface area contributed by atoms with E-state index in [9.17, 15) is 18.0 Å². The molecule has 1 heterocycles. The third kappa shape index (κ3) is 4.61. The third-order valence-corrected chi connectivity index (χ3v) is 7.19. The Morgan fingerprint density at radius 2 is 1.89 bits per heavy atom. The van der Waals surface area contributed by atoms with Gasteiger partial charge >= 0.3 is 5.97 Å². The minimum Gasteiger partial charge on any atom is -0.465 e. The molecule has 1 aliphatic carbocycles. The molecular formula is C27H28F3N3O2. The van der Waals surface area contributed by atoms with Crippen LogP contribution in [0.5, 0.6) is 0 Å². The van der Waals surface area contributed by atoms with Crippen molar-refractivity contribution < 1.29 is 22.7 Å². The topological polar surface area (TPSA) is 67.3 Å². The lowest BCUT2D eigenvalue weighted by Crippen LogP contribution is -2.20. The van der Waals surface area contributed by atoms with Gasteiger partial charge in [-0.2, -0.15) is 0 Å². The molecule has 1 fully saturated rings. The van der Waals surface area contributed by atoms with Crippen LogP contribution in [-0.2, 0) is 4.74 Å². The molecule has 184 valence electrons. The summed E-state index contributed by atoms with van der Waals surface area (Å²) in [5.74, 6) is -2.59. The first-order valence-corrected chi connectivity index (χ1v) is 11.7. The van der Waals surface area contributed by atoms with Crippen LogP contribution in [-0.4, -0.2) is 29.8 Å². The Balaban J connectivity index is 1.53. The minimum atomic E-state index is -1.25. The number of hydrogen-bond donors (Lipinski definition) is 1. The number of hydrogen-bond acceptors (Lipinski definition) is 4. The molecule has 1 unspecified atom stereocenters. The van der Waals surface area contributed by atoms with Gasteiger partial charge in [0.1, 0.15) is 22.7 Å². The number of H-pyrrole nitrogens is 1. The van der Waals surface area contributed by atoms with E-state index in [1.807, 2.05) is 19.9 Å². The number of fused-ring (bicyclic) bond motifs is 1. The number of esters is 1. The molecule has 35 heavy (non-hydrogen) atoms. The van der Waals surface area contributed by atoms with Crippen LogP contribution in [0.3, 0.4) is 0 Å². The zero-order valence-corrected chi connectivity index (χ0v) is 20.0. The third-order valence-electron chi connectivity index (χ3n) is 7.19. The first-order chi connectivity index (χ1) is 16.8. The van der Waals surface area contributed by atoms with E-state index >= 15 is 0 Å². The number of imidazole rings is 1. The van der Waals surface area contributed by atoms with Crippen molar-refractivity contribution in [3.05, 3.63) is 64.7 Å². The zero-order chi connectivity index (χ0) is 25.3. The van der Waals surface area contributed by atoms with Gasteiger partial charge in [0.2, 0.25) is 0 Å². The highest BCUT2D eigenvalue weighted by molar-refractivity contribution is 5.94. The molecule has 1 saturated carbocycles. The molecule has 1 aliphatic rings. The van der Waals surface area contributed by atoms with Crippen molar-refractivity contribution in [1.29, 1.82) is 0 Å². The van der Waals surface area contributed by atoms with Crippen molar-refractivity contribution in [2.75, 3.05) is 7.11 Å². The Hall–Kier alpha value is -3.42. The maximum Gasteiger partial charge on any atom is 0.341 e. The standard InChI is InChI=1S/C27H28F3N3O2/c1-5-18(19-12-17(28)10-11-21(19)31-3)16-8-6-15(7-9-16)14(2)26-32-22-13-20(27(34)35-4)23(29)24(30)25(22)33-26/h5,10-16H,3,6-9H2,1-2,4H3,(H,32,33)/b18-5-/t14?,15-,16+. The van der Waals surface area contributed by atoms with E-state index in [0.717, 1.165) is 43.9 Å². The van der Waals surface area contributed by atoms with Crippen molar-refractivity contribution in [1.82, 2.24) is 9.97 Å². The number of aromatic nitrogens is 2. The van der Waals surface area contributed by atoms with Gasteiger partial charge in [-0.1, -0.05) is 13.0 Å². The quantitative estimate of drug-likeness (QED) is 0.300. The van der Waals surface area contributed by atoms with E-state index in [-0.39, 0.29) is 34.6 Å². The van der Waals surface area contributed by atoms with Gasteiger partial charge < -0.3 is 9.72 Å². The molecule has 0 bridgehead atoms. The lowest BCUT2D eigenvalue weighted by atomic mass is 9.72. The highest BCUT2D eigenvalue weighted by atomic mass is 19.2. The molecule has 0 aliphatic heterocycles. The van der Waals surface area contributed by atoms with Crippen LogP contribution in [0.1, 0.15) is 67.2 Å². The number of nitrogens with zero attached hydrogens (tertiary/aromatic N) is 2. The first kappa shape index (κ1) is 24.7. The van der Waals surface area contributed by atoms with Crippen LogP contribution in [0.4, 0.5) is 18.9 Å². The van der Waals surface area contributed by atoms with Gasteiger partial charge in [-0.15, -0.1) is 0 Å². The number of rotatable bonds is 6. The molecule has 1 N–H and O–H groups in total. The zero-order valence-electron chi connectivity index (χ0n) is 20.0. The van der Waals surface area contributed by atoms with Gasteiger partial charge in [-0.05, 0) is 81.0 Å². The number of methoxy groups -OCH3 is 1. The van der Waals surface area contributed by atoms with E-state index in [4.69, 9.17) is 0 Å². The molecule has 0 saturated heterocycles. The Bertz CT molecular complexity index is 1310. The van der Waals surface area contributed by atoms with Gasteiger partial charge in [-0.3, -0.25) is 4.99 Å². The maximum absolute atomic E-state index is 14.6. The van der Waals surface area contributed by atoms with Crippen LogP contribution in [0.15, 0.2) is 35.3 Å². The maximum atomic E-state index is 14.6. The van der Waals surface area contributed by atoms with Crippen LogP contribution in [0.2, 0.25) is 0 Å². The van der Waals surface area contributed by atoms with Gasteiger partial charge in [0.25, 0.3) is 0 Å². The fourth-order valence-electron chi connectivity index (χ4n) is 5.22. The molecule has 1 aromatic heterocycles. The largest absolute Gasteiger partial charge is 0.465 e. The van der Waals surface area contributed by atoms with E-state index < -0.39 is 23.2 Å². The Kier molecular flexibility index (Phi) is 7.10. The number of carbonyl (C=O) groups is 1. The predicted molar refractivity (Wildman–Crippen MR) is 130 cm³/mol. The number of aromatic amines is 1. The average molecular weight is 484 g/mol. The summed E-state index contributed by atoms with van der Waals surface area (Å²) in [6.07, 6.45) is 5.62. The van der Waals surface area contributed by atoms with Crippen molar-refractivity contribution in [2.24, 2.45) is 16.8 Å². The van der Waals surface area contributed by atoms with Gasteiger partial charge in [0, 0.05) is 11.5 Å². The number of carbonyl (C=O) groups excluding carboxylic acids is 1. The fraction of sp³-hybridized carbons (Fsp3) is 0.370. The number of allylic oxidation sites excluding steroid dienone is 2. The van der Waals surface area contributed by atoms with E-state index in [1.54, 1.807) is 6.07 Å². The first-order valence-electron chi connectivity index (χ1n) is 11.7. The molecule has 3 aromatic rings. The van der Waals surface area contributed by atoms with E-state index in [1.165, 1.54) is 18.2 Å². The summed E-state index contributed by atoms with van der Waals surface area (Å²) >= 11 is 0. The normalized spacial score (nSPS) is 19.5. The fourth-order valence-corrected chi connectivity index (χ4v) is 5.22. The minimum absolute atomic E-state index is 0.0268. The van der Waals surface area contributed by atoms with Crippen molar-refractivity contribution in [3.63, 3.8) is 0 Å². The second-order valence-electron chi connectivity index (χ2n) is 9.02. The van der Waals surface area contributed by atoms with Crippen molar-refractivity contribution in [2.45, 2.75) is 45.4 Å². The lowest BCUT2D eigenvalue weighted by Gasteiger charge is -2.33. The summed E-state index contributed by atoms with van der Waals surface area (Å²) in [5, 5.41) is 0. The van der Waals surface area contributed by atoms with Crippen molar-refractivity contribution in [3.8, 4) is 0 Å². The number of nitrogens with one attached hydrogen (secondary N) is 1. The Labute approximate surface area is 202 Å². The monoisotopic (exact) mass is 483 g/mol. The predicted octanol–water partition coefficient (Wildman–Crippen LogP) is 7.11. The molecular weight excluding hydrogens is 455 g/mol. The van der Waals surface area contributed by atoms with Crippen LogP contribution in [0, 0.1) is 29.3 Å². The average Bonchev–Trinajstić information content (AvgIpc) is 3.31. The van der Waals surface area contributed by atoms with Gasteiger partial charge in [0.15, 0.2) is 11.6 Å². The highest BCUT2D eigenvalue weighted by Gasteiger charge is 2.31. The van der Waals surface area contributed by atoms with Crippen LogP contribution in [0.25, 0.3) is 16.6 Å². The lowest BCUT2D eigenvalue weighted by molar-refractivity contribution is 0.0594. The number of aliphatic imine (C=N–C) groups is 1. The van der Waals surface area contributed by atoms with Crippen LogP contribution < -0.4 is 0 Å². The van der Waals surface area contributed by atoms with E-state index in [2.05, 4.69) is 26.4 Å². The molecule has 5 nitrogen and oxygen atoms in total. The van der Waals surface area contributed by atoms with Crippen LogP contribution >= 0.6 is 0 Å². The molecule has 0 amide bonds. The number of halogens is 3. The second kappa shape index (κ2) is 10.1. The summed E-state index contributed by atoms with van der Waals surface area (Å²) in [7, 11) is 1.11. The second-order valence-corrected chi connectivity index (χ2v) is 9.02. The SMILES string of the molecule is C=Nc1ccc(F)cc1/C(=C\C)[C@H]1CC[C@@H](C(C)c2nc3cc(C(=O)OC)c(F)c(F)c3[nH]2)CC1. The van der Waals surface area contributed by atoms with Crippen molar-refractivity contribution >= 4 is 35.0 Å². The molecule has 2 aromatic carbocycles. The molecule has 0 radical (unpaired) electrons. The Morgan fingerprint density at radius 3 is 2.51 bits per heavy atom. The number of ether oxygens (including phenoxy) is 1. The summed E-state index contributed by atoms with van der Waals surface area (Å²) in [6.45, 7) is 7.58. The summed E-state index contributed by atoms with van der Waals surface area (Å²) in [4.78, 5) is 23.2. The summed E-state index contributed by atoms with van der Waals surface area (Å²) < 4.78 is 47.4. The highest BCUT2D eigenvalue weighted by Crippen LogP contribution is 2.44. The Morgan fingerprint density at radius 1 is 1.17 bits per heavy atom. The van der Waals surface area contributed by atoms with E-state index in [0.29, 0.717) is 11.5 Å². The summed E-state index contributed by atoms with van der Waals surface area (Å²) in [5.41, 5.74) is 2.15. The smallest absolute Gasteiger partial charge is 0.341 e. The molecule has 1 atom stereocenters. The van der Waals surface area contributed by atoms with Gasteiger partial charge in [0.05, 0.1) is 18.3 Å². The molecule has 8 heteroatoms. The summed E-state index contributed by atoms with van der Waals surface area (Å²) in [6, 6.07) is 5.75. The number of benzene rings is 2. The van der Waals surface area contributed by atoms with Gasteiger partial charge in [-0.25, -0.2) is 22.9 Å².